The lowest BCUT2D eigenvalue weighted by molar-refractivity contribution is -0.385. The summed E-state index contributed by atoms with van der Waals surface area (Å²) in [7, 11) is 0. The Kier molecular flexibility index (Phi) is 5.96. The van der Waals surface area contributed by atoms with Crippen molar-refractivity contribution < 1.29 is 9.72 Å². The number of benzene rings is 3. The third kappa shape index (κ3) is 4.91. The van der Waals surface area contributed by atoms with E-state index in [0.29, 0.717) is 10.7 Å². The largest absolute Gasteiger partial charge is 0.298 e. The third-order valence-electron chi connectivity index (χ3n) is 4.57. The first kappa shape index (κ1) is 20.2. The third-order valence-corrected chi connectivity index (χ3v) is 5.33. The molecule has 1 heterocycles. The topological polar surface area (TPSA) is 85.1 Å². The Morgan fingerprint density at radius 3 is 2.29 bits per heavy atom. The minimum Gasteiger partial charge on any atom is -0.298 e. The van der Waals surface area contributed by atoms with Gasteiger partial charge >= 0.3 is 0 Å². The van der Waals surface area contributed by atoms with Gasteiger partial charge in [0.1, 0.15) is 0 Å². The molecular weight excluding hydrogens is 410 g/mol. The zero-order chi connectivity index (χ0) is 21.6. The number of nitrogens with one attached hydrogen (secondary N) is 1. The van der Waals surface area contributed by atoms with E-state index >= 15 is 0 Å². The van der Waals surface area contributed by atoms with Gasteiger partial charge in [0.25, 0.3) is 5.69 Å². The van der Waals surface area contributed by atoms with Crippen molar-refractivity contribution in [2.75, 3.05) is 5.32 Å². The van der Waals surface area contributed by atoms with E-state index in [9.17, 15) is 14.9 Å². The van der Waals surface area contributed by atoms with Crippen LogP contribution in [0.25, 0.3) is 28.5 Å². The van der Waals surface area contributed by atoms with Crippen molar-refractivity contribution in [1.82, 2.24) is 4.98 Å². The Morgan fingerprint density at radius 1 is 0.903 bits per heavy atom. The smallest absolute Gasteiger partial charge is 0.276 e. The predicted molar refractivity (Wildman–Crippen MR) is 124 cm³/mol. The molecule has 1 N–H and O–H groups in total. The molecule has 3 aromatic carbocycles. The Balaban J connectivity index is 1.43. The average molecular weight is 427 g/mol. The van der Waals surface area contributed by atoms with Crippen LogP contribution in [0.2, 0.25) is 0 Å². The van der Waals surface area contributed by atoms with Gasteiger partial charge in [0, 0.05) is 23.1 Å². The van der Waals surface area contributed by atoms with E-state index < -0.39 is 10.8 Å². The van der Waals surface area contributed by atoms with Gasteiger partial charge in [0.05, 0.1) is 16.2 Å². The monoisotopic (exact) mass is 427 g/mol. The number of anilines is 1. The molecular formula is C24H17N3O3S. The highest BCUT2D eigenvalue weighted by atomic mass is 32.1. The summed E-state index contributed by atoms with van der Waals surface area (Å²) in [6.07, 6.45) is 2.68. The summed E-state index contributed by atoms with van der Waals surface area (Å²) in [5.41, 5.74) is 4.29. The lowest BCUT2D eigenvalue weighted by Crippen LogP contribution is -2.07. The number of amides is 1. The van der Waals surface area contributed by atoms with E-state index in [1.54, 1.807) is 18.2 Å². The maximum atomic E-state index is 12.2. The number of carbonyl (C=O) groups excluding carboxylic acids is 1. The molecule has 7 heteroatoms. The summed E-state index contributed by atoms with van der Waals surface area (Å²) in [4.78, 5) is 27.3. The maximum absolute atomic E-state index is 12.2. The van der Waals surface area contributed by atoms with Gasteiger partial charge in [-0.05, 0) is 23.3 Å². The first-order chi connectivity index (χ1) is 15.1. The van der Waals surface area contributed by atoms with Gasteiger partial charge in [0.2, 0.25) is 5.91 Å². The lowest BCUT2D eigenvalue weighted by atomic mass is 10.0. The van der Waals surface area contributed by atoms with Crippen molar-refractivity contribution in [3.05, 3.63) is 106 Å². The van der Waals surface area contributed by atoms with Gasteiger partial charge in [-0.1, -0.05) is 66.7 Å². The normalized spacial score (nSPS) is 10.8. The van der Waals surface area contributed by atoms with Gasteiger partial charge in [-0.2, -0.15) is 0 Å². The fourth-order valence-electron chi connectivity index (χ4n) is 3.04. The number of nitrogens with zero attached hydrogens (tertiary/aromatic N) is 2. The standard InChI is InChI=1S/C24H17N3O3S/c28-23(15-14-20-8-4-5-9-22(20)27(29)30)26-24-25-21(16-31-24)19-12-10-18(11-13-19)17-6-2-1-3-7-17/h1-16H,(H,25,26,28). The molecule has 0 radical (unpaired) electrons. The Labute approximate surface area is 182 Å². The second-order valence-electron chi connectivity index (χ2n) is 6.62. The first-order valence-electron chi connectivity index (χ1n) is 9.44. The summed E-state index contributed by atoms with van der Waals surface area (Å²) in [6, 6.07) is 24.4. The van der Waals surface area contributed by atoms with Crippen LogP contribution in [0.1, 0.15) is 5.56 Å². The van der Waals surface area contributed by atoms with E-state index in [1.165, 1.54) is 29.6 Å². The lowest BCUT2D eigenvalue weighted by Gasteiger charge is -2.03. The highest BCUT2D eigenvalue weighted by Crippen LogP contribution is 2.27. The second kappa shape index (κ2) is 9.15. The molecule has 6 nitrogen and oxygen atoms in total. The molecule has 0 saturated heterocycles. The quantitative estimate of drug-likeness (QED) is 0.231. The zero-order valence-electron chi connectivity index (χ0n) is 16.3. The van der Waals surface area contributed by atoms with Crippen molar-refractivity contribution >= 4 is 34.1 Å². The molecule has 0 spiro atoms. The minimum atomic E-state index is -0.478. The summed E-state index contributed by atoms with van der Waals surface area (Å²) in [6.45, 7) is 0. The fraction of sp³-hybridized carbons (Fsp3) is 0. The number of nitro groups is 1. The molecule has 0 bridgehead atoms. The number of hydrogen-bond acceptors (Lipinski definition) is 5. The zero-order valence-corrected chi connectivity index (χ0v) is 17.1. The van der Waals surface area contributed by atoms with Crippen LogP contribution < -0.4 is 5.32 Å². The van der Waals surface area contributed by atoms with E-state index in [4.69, 9.17) is 0 Å². The highest BCUT2D eigenvalue weighted by molar-refractivity contribution is 7.14. The number of thiazole rings is 1. The van der Waals surface area contributed by atoms with Crippen LogP contribution in [0.5, 0.6) is 0 Å². The van der Waals surface area contributed by atoms with E-state index in [1.807, 2.05) is 47.8 Å². The highest BCUT2D eigenvalue weighted by Gasteiger charge is 2.11. The molecule has 1 aromatic heterocycles. The summed E-state index contributed by atoms with van der Waals surface area (Å²) >= 11 is 1.32. The number of carbonyl (C=O) groups is 1. The van der Waals surface area contributed by atoms with Gasteiger partial charge in [-0.3, -0.25) is 20.2 Å². The van der Waals surface area contributed by atoms with Gasteiger partial charge in [-0.15, -0.1) is 11.3 Å². The molecule has 31 heavy (non-hydrogen) atoms. The molecule has 0 unspecified atom stereocenters. The molecule has 0 aliphatic rings. The second-order valence-corrected chi connectivity index (χ2v) is 7.48. The van der Waals surface area contributed by atoms with Crippen LogP contribution in [-0.2, 0) is 4.79 Å². The minimum absolute atomic E-state index is 0.0537. The molecule has 0 saturated carbocycles. The van der Waals surface area contributed by atoms with Crippen molar-refractivity contribution in [3.63, 3.8) is 0 Å². The van der Waals surface area contributed by atoms with E-state index in [0.717, 1.165) is 22.4 Å². The summed E-state index contributed by atoms with van der Waals surface area (Å²) < 4.78 is 0. The van der Waals surface area contributed by atoms with Crippen LogP contribution in [0.4, 0.5) is 10.8 Å². The van der Waals surface area contributed by atoms with E-state index in [-0.39, 0.29) is 5.69 Å². The average Bonchev–Trinajstić information content (AvgIpc) is 3.27. The first-order valence-corrected chi connectivity index (χ1v) is 10.3. The molecule has 0 fully saturated rings. The van der Waals surface area contributed by atoms with Crippen molar-refractivity contribution in [2.24, 2.45) is 0 Å². The van der Waals surface area contributed by atoms with Crippen LogP contribution in [0.15, 0.2) is 90.3 Å². The molecule has 4 rings (SSSR count). The Hall–Kier alpha value is -4.10. The van der Waals surface area contributed by atoms with Crippen LogP contribution in [-0.4, -0.2) is 15.8 Å². The SMILES string of the molecule is O=C(C=Cc1ccccc1[N+](=O)[O-])Nc1nc(-c2ccc(-c3ccccc3)cc2)cs1. The molecule has 0 aliphatic heterocycles. The number of hydrogen-bond donors (Lipinski definition) is 1. The fourth-order valence-corrected chi connectivity index (χ4v) is 3.76. The van der Waals surface area contributed by atoms with Crippen molar-refractivity contribution in [3.8, 4) is 22.4 Å². The number of aromatic nitrogens is 1. The number of para-hydroxylation sites is 1. The molecule has 1 amide bonds. The van der Waals surface area contributed by atoms with E-state index in [2.05, 4.69) is 22.4 Å². The Morgan fingerprint density at radius 2 is 1.55 bits per heavy atom. The summed E-state index contributed by atoms with van der Waals surface area (Å²) in [5.74, 6) is -0.404. The number of rotatable bonds is 6. The van der Waals surface area contributed by atoms with Gasteiger partial charge < -0.3 is 0 Å². The van der Waals surface area contributed by atoms with Crippen LogP contribution >= 0.6 is 11.3 Å². The molecule has 4 aromatic rings. The Bertz CT molecular complexity index is 1250. The molecule has 152 valence electrons. The predicted octanol–water partition coefficient (Wildman–Crippen LogP) is 6.04. The molecule has 0 aliphatic carbocycles. The van der Waals surface area contributed by atoms with Gasteiger partial charge in [-0.25, -0.2) is 4.98 Å². The molecule has 0 atom stereocenters. The van der Waals surface area contributed by atoms with Crippen molar-refractivity contribution in [1.29, 1.82) is 0 Å². The van der Waals surface area contributed by atoms with Gasteiger partial charge in [0.15, 0.2) is 5.13 Å². The van der Waals surface area contributed by atoms with Crippen molar-refractivity contribution in [2.45, 2.75) is 0 Å². The number of nitro benzene ring substituents is 1. The van der Waals surface area contributed by atoms with Crippen LogP contribution in [0.3, 0.4) is 0 Å². The summed E-state index contributed by atoms with van der Waals surface area (Å²) in [5, 5.41) is 16.1. The van der Waals surface area contributed by atoms with Crippen LogP contribution in [0, 0.1) is 10.1 Å². The maximum Gasteiger partial charge on any atom is 0.276 e.